The number of pyridine rings is 1. The predicted molar refractivity (Wildman–Crippen MR) is 112 cm³/mol. The van der Waals surface area contributed by atoms with Crippen LogP contribution in [-0.4, -0.2) is 20.5 Å². The number of ether oxygens (including phenoxy) is 1. The maximum Gasteiger partial charge on any atom is 0.263 e. The Hall–Kier alpha value is -3.06. The van der Waals surface area contributed by atoms with Gasteiger partial charge in [0.2, 0.25) is 0 Å². The molecule has 0 aliphatic heterocycles. The molecule has 1 heterocycles. The summed E-state index contributed by atoms with van der Waals surface area (Å²) in [4.78, 5) is 4.42. The second-order valence-electron chi connectivity index (χ2n) is 6.56. The summed E-state index contributed by atoms with van der Waals surface area (Å²) in [7, 11) is -2.20. The third kappa shape index (κ3) is 4.26. The van der Waals surface area contributed by atoms with Crippen LogP contribution in [0.2, 0.25) is 0 Å². The molecule has 0 radical (unpaired) electrons. The molecule has 3 rings (SSSR count). The zero-order valence-electron chi connectivity index (χ0n) is 16.3. The van der Waals surface area contributed by atoms with Crippen molar-refractivity contribution in [1.82, 2.24) is 4.98 Å². The number of aromatic nitrogens is 1. The Labute approximate surface area is 165 Å². The molecule has 6 nitrogen and oxygen atoms in total. The maximum atomic E-state index is 12.7. The van der Waals surface area contributed by atoms with Gasteiger partial charge in [-0.05, 0) is 67.8 Å². The lowest BCUT2D eigenvalue weighted by atomic mass is 10.1. The highest BCUT2D eigenvalue weighted by Crippen LogP contribution is 2.26. The number of anilines is 3. The lowest BCUT2D eigenvalue weighted by Gasteiger charge is -2.13. The van der Waals surface area contributed by atoms with Crippen LogP contribution in [-0.2, 0) is 10.0 Å². The first kappa shape index (κ1) is 19.7. The average molecular weight is 398 g/mol. The van der Waals surface area contributed by atoms with Crippen molar-refractivity contribution in [1.29, 1.82) is 0 Å². The second kappa shape index (κ2) is 7.90. The molecule has 0 unspecified atom stereocenters. The van der Waals surface area contributed by atoms with Gasteiger partial charge in [-0.2, -0.15) is 0 Å². The maximum absolute atomic E-state index is 12.7. The van der Waals surface area contributed by atoms with Gasteiger partial charge in [0.15, 0.2) is 0 Å². The van der Waals surface area contributed by atoms with Gasteiger partial charge in [0, 0.05) is 5.69 Å². The summed E-state index contributed by atoms with van der Waals surface area (Å²) in [5.41, 5.74) is 4.65. The van der Waals surface area contributed by atoms with E-state index >= 15 is 0 Å². The van der Waals surface area contributed by atoms with E-state index in [9.17, 15) is 8.42 Å². The molecule has 0 amide bonds. The average Bonchev–Trinajstić information content (AvgIpc) is 2.65. The molecule has 0 saturated carbocycles. The van der Waals surface area contributed by atoms with Crippen LogP contribution in [0.5, 0.6) is 5.75 Å². The van der Waals surface area contributed by atoms with Crippen molar-refractivity contribution in [2.75, 3.05) is 17.1 Å². The van der Waals surface area contributed by atoms with Gasteiger partial charge in [0.25, 0.3) is 10.0 Å². The van der Waals surface area contributed by atoms with E-state index in [0.29, 0.717) is 11.3 Å². The lowest BCUT2D eigenvalue weighted by molar-refractivity contribution is 0.414. The van der Waals surface area contributed by atoms with Gasteiger partial charge in [-0.3, -0.25) is 4.72 Å². The lowest BCUT2D eigenvalue weighted by Crippen LogP contribution is -2.15. The number of nitrogens with zero attached hydrogens (tertiary/aromatic N) is 1. The van der Waals surface area contributed by atoms with Crippen LogP contribution in [0.15, 0.2) is 59.6 Å². The number of hydrogen-bond acceptors (Lipinski definition) is 5. The highest BCUT2D eigenvalue weighted by Gasteiger charge is 2.18. The molecule has 0 aliphatic carbocycles. The Morgan fingerprint density at radius 1 is 0.929 bits per heavy atom. The smallest absolute Gasteiger partial charge is 0.263 e. The van der Waals surface area contributed by atoms with E-state index in [1.54, 1.807) is 44.5 Å². The number of aryl methyl sites for hydroxylation is 3. The summed E-state index contributed by atoms with van der Waals surface area (Å²) in [5.74, 6) is 0.860. The van der Waals surface area contributed by atoms with Crippen molar-refractivity contribution < 1.29 is 13.2 Å². The Morgan fingerprint density at radius 3 is 2.21 bits per heavy atom. The summed E-state index contributed by atoms with van der Waals surface area (Å²) in [6, 6.07) is 14.3. The van der Waals surface area contributed by atoms with Crippen molar-refractivity contribution in [2.24, 2.45) is 0 Å². The van der Waals surface area contributed by atoms with E-state index in [-0.39, 0.29) is 10.7 Å². The van der Waals surface area contributed by atoms with Crippen LogP contribution in [0.25, 0.3) is 0 Å². The highest BCUT2D eigenvalue weighted by atomic mass is 32.2. The number of sulfonamides is 1. The Balaban J connectivity index is 1.78. The Kier molecular flexibility index (Phi) is 5.56. The molecule has 7 heteroatoms. The van der Waals surface area contributed by atoms with E-state index in [0.717, 1.165) is 22.5 Å². The van der Waals surface area contributed by atoms with Gasteiger partial charge in [-0.15, -0.1) is 0 Å². The van der Waals surface area contributed by atoms with E-state index in [1.807, 2.05) is 32.0 Å². The van der Waals surface area contributed by atoms with Crippen molar-refractivity contribution in [3.05, 3.63) is 71.4 Å². The standard InChI is InChI=1S/C21H23N3O3S/c1-14-6-5-7-15(2)21(14)23-17-8-11-20(22-13-17)24-28(25,26)19-10-9-18(27-4)12-16(19)3/h5-13,23H,1-4H3,(H,22,24). The van der Waals surface area contributed by atoms with Crippen LogP contribution in [0, 0.1) is 20.8 Å². The third-order valence-electron chi connectivity index (χ3n) is 4.42. The number of benzene rings is 2. The number of nitrogens with one attached hydrogen (secondary N) is 2. The van der Waals surface area contributed by atoms with E-state index in [1.165, 1.54) is 6.07 Å². The summed E-state index contributed by atoms with van der Waals surface area (Å²) in [6.07, 6.45) is 1.60. The summed E-state index contributed by atoms with van der Waals surface area (Å²) in [5, 5.41) is 3.33. The van der Waals surface area contributed by atoms with E-state index in [4.69, 9.17) is 4.74 Å². The van der Waals surface area contributed by atoms with Gasteiger partial charge in [0.05, 0.1) is 23.9 Å². The van der Waals surface area contributed by atoms with E-state index in [2.05, 4.69) is 15.0 Å². The fourth-order valence-electron chi connectivity index (χ4n) is 2.93. The first-order chi connectivity index (χ1) is 13.3. The van der Waals surface area contributed by atoms with Crippen LogP contribution in [0.3, 0.4) is 0 Å². The van der Waals surface area contributed by atoms with Crippen LogP contribution in [0.1, 0.15) is 16.7 Å². The fourth-order valence-corrected chi connectivity index (χ4v) is 4.16. The van der Waals surface area contributed by atoms with Crippen LogP contribution < -0.4 is 14.8 Å². The highest BCUT2D eigenvalue weighted by molar-refractivity contribution is 7.92. The SMILES string of the molecule is COc1ccc(S(=O)(=O)Nc2ccc(Nc3c(C)cccc3C)cn2)c(C)c1. The fraction of sp³-hybridized carbons (Fsp3) is 0.190. The summed E-state index contributed by atoms with van der Waals surface area (Å²) in [6.45, 7) is 5.78. The first-order valence-electron chi connectivity index (χ1n) is 8.77. The number of hydrogen-bond donors (Lipinski definition) is 2. The number of methoxy groups -OCH3 is 1. The molecule has 1 aromatic heterocycles. The van der Waals surface area contributed by atoms with Gasteiger partial charge in [-0.1, -0.05) is 18.2 Å². The first-order valence-corrected chi connectivity index (χ1v) is 10.3. The topological polar surface area (TPSA) is 80.3 Å². The molecule has 0 spiro atoms. The molecule has 0 saturated heterocycles. The van der Waals surface area contributed by atoms with Gasteiger partial charge < -0.3 is 10.1 Å². The van der Waals surface area contributed by atoms with Gasteiger partial charge in [-0.25, -0.2) is 13.4 Å². The Bertz CT molecular complexity index is 1070. The molecule has 0 aliphatic rings. The van der Waals surface area contributed by atoms with E-state index < -0.39 is 10.0 Å². The predicted octanol–water partition coefficient (Wildman–Crippen LogP) is 4.56. The van der Waals surface area contributed by atoms with Crippen molar-refractivity contribution in [3.8, 4) is 5.75 Å². The molecule has 0 fully saturated rings. The second-order valence-corrected chi connectivity index (χ2v) is 8.21. The normalized spacial score (nSPS) is 11.1. The van der Waals surface area contributed by atoms with Crippen molar-refractivity contribution in [2.45, 2.75) is 25.7 Å². The molecule has 3 aromatic rings. The van der Waals surface area contributed by atoms with Gasteiger partial charge in [0.1, 0.15) is 11.6 Å². The van der Waals surface area contributed by atoms with Gasteiger partial charge >= 0.3 is 0 Å². The molecular weight excluding hydrogens is 374 g/mol. The minimum Gasteiger partial charge on any atom is -0.497 e. The quantitative estimate of drug-likeness (QED) is 0.637. The van der Waals surface area contributed by atoms with Crippen molar-refractivity contribution in [3.63, 3.8) is 0 Å². The minimum atomic E-state index is -3.74. The van der Waals surface area contributed by atoms with Crippen LogP contribution >= 0.6 is 0 Å². The molecule has 2 aromatic carbocycles. The molecule has 2 N–H and O–H groups in total. The zero-order chi connectivity index (χ0) is 20.3. The Morgan fingerprint density at radius 2 is 1.64 bits per heavy atom. The minimum absolute atomic E-state index is 0.188. The summed E-state index contributed by atoms with van der Waals surface area (Å²) >= 11 is 0. The molecule has 146 valence electrons. The number of para-hydroxylation sites is 1. The summed E-state index contributed by atoms with van der Waals surface area (Å²) < 4.78 is 33.0. The monoisotopic (exact) mass is 397 g/mol. The molecule has 28 heavy (non-hydrogen) atoms. The zero-order valence-corrected chi connectivity index (χ0v) is 17.1. The largest absolute Gasteiger partial charge is 0.497 e. The number of rotatable bonds is 6. The van der Waals surface area contributed by atoms with Crippen LogP contribution in [0.4, 0.5) is 17.2 Å². The third-order valence-corrected chi connectivity index (χ3v) is 5.94. The molecular formula is C21H23N3O3S. The molecule has 0 atom stereocenters. The molecule has 0 bridgehead atoms. The van der Waals surface area contributed by atoms with Crippen molar-refractivity contribution >= 4 is 27.2 Å².